The molecule has 0 aliphatic heterocycles. The molecule has 44 heavy (non-hydrogen) atoms. The van der Waals surface area contributed by atoms with Gasteiger partial charge in [-0.2, -0.15) is 0 Å². The van der Waals surface area contributed by atoms with Gasteiger partial charge in [-0.15, -0.1) is 0 Å². The molecule has 9 nitrogen and oxygen atoms in total. The Bertz CT molecular complexity index is 1520. The van der Waals surface area contributed by atoms with E-state index in [-0.39, 0.29) is 0 Å². The lowest BCUT2D eigenvalue weighted by molar-refractivity contribution is -0.00709. The van der Waals surface area contributed by atoms with E-state index in [4.69, 9.17) is 40.0 Å². The predicted octanol–water partition coefficient (Wildman–Crippen LogP) is 6.18. The summed E-state index contributed by atoms with van der Waals surface area (Å²) in [6.07, 6.45) is 4.44. The number of carbonyl (C=O) groups excluding carboxylic acids is 1. The Balaban J connectivity index is 0.992. The van der Waals surface area contributed by atoms with Crippen molar-refractivity contribution < 1.29 is 33.2 Å². The number of fused-ring (bicyclic) bond motifs is 1. The Morgan fingerprint density at radius 1 is 0.795 bits per heavy atom. The third-order valence-electron chi connectivity index (χ3n) is 6.88. The van der Waals surface area contributed by atoms with Crippen LogP contribution in [-0.2, 0) is 26.0 Å². The van der Waals surface area contributed by atoms with Gasteiger partial charge >= 0.3 is 0 Å². The first kappa shape index (κ1) is 33.2. The monoisotopic (exact) mass is 622 g/mol. The van der Waals surface area contributed by atoms with Gasteiger partial charge in [-0.05, 0) is 60.5 Å². The first-order valence-electron chi connectivity index (χ1n) is 14.5. The van der Waals surface area contributed by atoms with Crippen LogP contribution in [0.2, 0.25) is 5.02 Å². The molecule has 0 N–H and O–H groups in total. The molecule has 0 radical (unpaired) electrons. The molecule has 4 aromatic rings. The van der Waals surface area contributed by atoms with Crippen molar-refractivity contribution >= 4 is 34.9 Å². The molecule has 10 heteroatoms. The van der Waals surface area contributed by atoms with Crippen LogP contribution >= 0.6 is 11.6 Å². The maximum atomic E-state index is 10.9. The van der Waals surface area contributed by atoms with Crippen molar-refractivity contribution in [1.29, 1.82) is 0 Å². The van der Waals surface area contributed by atoms with E-state index in [2.05, 4.69) is 40.4 Å². The molecular weight excluding hydrogens is 584 g/mol. The Hall–Kier alpha value is -3.73. The minimum absolute atomic E-state index is 0.325. The highest BCUT2D eigenvalue weighted by Gasteiger charge is 2.10. The van der Waals surface area contributed by atoms with E-state index in [1.54, 1.807) is 18.3 Å². The summed E-state index contributed by atoms with van der Waals surface area (Å²) >= 11 is 6.46. The lowest BCUT2D eigenvalue weighted by Crippen LogP contribution is -2.15. The van der Waals surface area contributed by atoms with Gasteiger partial charge in [0.2, 0.25) is 5.88 Å². The van der Waals surface area contributed by atoms with E-state index in [1.807, 2.05) is 32.2 Å². The zero-order valence-corrected chi connectivity index (χ0v) is 26.0. The van der Waals surface area contributed by atoms with Gasteiger partial charge in [0.05, 0.1) is 52.9 Å². The van der Waals surface area contributed by atoms with Gasteiger partial charge in [0.25, 0.3) is 0 Å². The zero-order valence-electron chi connectivity index (χ0n) is 25.3. The van der Waals surface area contributed by atoms with Crippen molar-refractivity contribution in [3.63, 3.8) is 0 Å². The van der Waals surface area contributed by atoms with Crippen LogP contribution in [0.3, 0.4) is 0 Å². The molecule has 0 aliphatic rings. The maximum absolute atomic E-state index is 10.9. The van der Waals surface area contributed by atoms with Gasteiger partial charge in [-0.25, -0.2) is 4.98 Å². The summed E-state index contributed by atoms with van der Waals surface area (Å²) in [5.41, 5.74) is 5.66. The number of carbonyl (C=O) groups is 1. The van der Waals surface area contributed by atoms with Gasteiger partial charge in [-0.3, -0.25) is 4.79 Å². The van der Waals surface area contributed by atoms with Crippen LogP contribution in [-0.4, -0.2) is 81.9 Å². The Morgan fingerprint density at radius 3 is 2.02 bits per heavy atom. The maximum Gasteiger partial charge on any atom is 0.232 e. The molecule has 2 aromatic heterocycles. The smallest absolute Gasteiger partial charge is 0.232 e. The molecule has 0 saturated carbocycles. The van der Waals surface area contributed by atoms with Gasteiger partial charge in [0.1, 0.15) is 30.3 Å². The Morgan fingerprint density at radius 2 is 1.43 bits per heavy atom. The van der Waals surface area contributed by atoms with Crippen LogP contribution < -0.4 is 9.47 Å². The highest BCUT2D eigenvalue weighted by Crippen LogP contribution is 2.31. The van der Waals surface area contributed by atoms with E-state index >= 15 is 0 Å². The fourth-order valence-electron chi connectivity index (χ4n) is 4.46. The first-order chi connectivity index (χ1) is 21.5. The third kappa shape index (κ3) is 9.64. The summed E-state index contributed by atoms with van der Waals surface area (Å²) in [7, 11) is 2.02. The second kappa shape index (κ2) is 17.5. The number of aryl methyl sites for hydroxylation is 2. The minimum atomic E-state index is 0.325. The van der Waals surface area contributed by atoms with Crippen molar-refractivity contribution in [3.8, 4) is 22.8 Å². The normalized spacial score (nSPS) is 11.2. The SMILES string of the molecule is C=Cc1cc2ccc(-c3cnc(OCCOCCOCCOCCOCCOc4ccc(C=O)c(C)c4)c(Cl)c3)cc2n1C. The standard InChI is InChI=1S/C34H39ClN2O7/c1-4-30-20-27-6-5-26(22-33(27)37(30)3)29-21-32(35)34(36-23-29)44-18-16-42-14-12-40-10-9-39-11-13-41-15-17-43-31-8-7-28(24-38)25(2)19-31/h4-8,19-24H,1,9-18H2,2-3H3. The van der Waals surface area contributed by atoms with Crippen LogP contribution in [0.4, 0.5) is 0 Å². The Kier molecular flexibility index (Phi) is 13.2. The summed E-state index contributed by atoms with van der Waals surface area (Å²) < 4.78 is 35.5. The molecule has 2 aromatic carbocycles. The second-order valence-electron chi connectivity index (χ2n) is 9.90. The lowest BCUT2D eigenvalue weighted by Gasteiger charge is -2.10. The zero-order chi connectivity index (χ0) is 31.1. The van der Waals surface area contributed by atoms with E-state index in [9.17, 15) is 4.79 Å². The summed E-state index contributed by atoms with van der Waals surface area (Å²) in [4.78, 5) is 15.3. The molecule has 4 rings (SSSR count). The van der Waals surface area contributed by atoms with Crippen LogP contribution in [0.25, 0.3) is 28.1 Å². The fraction of sp³-hybridized carbons (Fsp3) is 0.353. The molecule has 0 bridgehead atoms. The highest BCUT2D eigenvalue weighted by atomic mass is 35.5. The van der Waals surface area contributed by atoms with Gasteiger partial charge in [0, 0.05) is 41.0 Å². The largest absolute Gasteiger partial charge is 0.491 e. The minimum Gasteiger partial charge on any atom is -0.491 e. The number of ether oxygens (including phenoxy) is 6. The third-order valence-corrected chi connectivity index (χ3v) is 7.15. The van der Waals surface area contributed by atoms with Crippen LogP contribution in [0, 0.1) is 6.92 Å². The number of hydrogen-bond donors (Lipinski definition) is 0. The number of pyridine rings is 1. The lowest BCUT2D eigenvalue weighted by atomic mass is 10.1. The number of halogens is 1. The summed E-state index contributed by atoms with van der Waals surface area (Å²) in [5.74, 6) is 1.09. The average Bonchev–Trinajstić information content (AvgIpc) is 3.36. The predicted molar refractivity (Wildman–Crippen MR) is 172 cm³/mol. The molecule has 0 atom stereocenters. The molecule has 2 heterocycles. The molecule has 0 spiro atoms. The van der Waals surface area contributed by atoms with Crippen molar-refractivity contribution in [3.05, 3.63) is 83.2 Å². The summed E-state index contributed by atoms with van der Waals surface area (Å²) in [6, 6.07) is 15.6. The summed E-state index contributed by atoms with van der Waals surface area (Å²) in [6.45, 7) is 10.1. The number of rotatable bonds is 20. The first-order valence-corrected chi connectivity index (χ1v) is 14.9. The van der Waals surface area contributed by atoms with Gasteiger partial charge in [-0.1, -0.05) is 30.3 Å². The van der Waals surface area contributed by atoms with E-state index < -0.39 is 0 Å². The second-order valence-corrected chi connectivity index (χ2v) is 10.3. The van der Waals surface area contributed by atoms with Crippen molar-refractivity contribution in [2.45, 2.75) is 6.92 Å². The van der Waals surface area contributed by atoms with Crippen LogP contribution in [0.5, 0.6) is 11.6 Å². The number of nitrogens with zero attached hydrogens (tertiary/aromatic N) is 2. The molecule has 234 valence electrons. The molecule has 0 amide bonds. The fourth-order valence-corrected chi connectivity index (χ4v) is 4.68. The van der Waals surface area contributed by atoms with Crippen LogP contribution in [0.15, 0.2) is 61.3 Å². The molecular formula is C34H39ClN2O7. The van der Waals surface area contributed by atoms with E-state index in [0.717, 1.165) is 39.6 Å². The number of aldehydes is 1. The van der Waals surface area contributed by atoms with Crippen molar-refractivity contribution in [2.75, 3.05) is 66.1 Å². The number of benzene rings is 2. The molecule has 0 aliphatic carbocycles. The van der Waals surface area contributed by atoms with Gasteiger partial charge in [0.15, 0.2) is 0 Å². The van der Waals surface area contributed by atoms with Crippen molar-refractivity contribution in [1.82, 2.24) is 9.55 Å². The quantitative estimate of drug-likeness (QED) is 0.0852. The topological polar surface area (TPSA) is 90.3 Å². The van der Waals surface area contributed by atoms with E-state index in [1.165, 1.54) is 0 Å². The van der Waals surface area contributed by atoms with Gasteiger partial charge < -0.3 is 33.0 Å². The van der Waals surface area contributed by atoms with Crippen molar-refractivity contribution in [2.24, 2.45) is 7.05 Å². The van der Waals surface area contributed by atoms with E-state index in [0.29, 0.717) is 88.3 Å². The molecule has 0 unspecified atom stereocenters. The molecule has 0 fully saturated rings. The average molecular weight is 623 g/mol. The number of hydrogen-bond acceptors (Lipinski definition) is 8. The Labute approximate surface area is 263 Å². The highest BCUT2D eigenvalue weighted by molar-refractivity contribution is 6.32. The summed E-state index contributed by atoms with van der Waals surface area (Å²) in [5, 5.41) is 1.60. The number of aromatic nitrogens is 2. The molecule has 0 saturated heterocycles. The van der Waals surface area contributed by atoms with Crippen LogP contribution in [0.1, 0.15) is 21.6 Å².